The number of aromatic nitrogens is 1. The van der Waals surface area contributed by atoms with Gasteiger partial charge in [-0.15, -0.1) is 0 Å². The average Bonchev–Trinajstić information content (AvgIpc) is 2.79. The van der Waals surface area contributed by atoms with Crippen LogP contribution in [-0.4, -0.2) is 16.8 Å². The number of rotatable bonds is 3. The first-order chi connectivity index (χ1) is 9.30. The Balaban J connectivity index is 2.51. The highest BCUT2D eigenvalue weighted by Crippen LogP contribution is 2.35. The van der Waals surface area contributed by atoms with Crippen molar-refractivity contribution in [1.82, 2.24) is 4.57 Å². The molecular weight excluding hydrogens is 238 g/mol. The van der Waals surface area contributed by atoms with Crippen LogP contribution in [0, 0.1) is 0 Å². The summed E-state index contributed by atoms with van der Waals surface area (Å²) in [5.74, 6) is 0.879. The summed E-state index contributed by atoms with van der Waals surface area (Å²) in [6.07, 6.45) is 0. The summed E-state index contributed by atoms with van der Waals surface area (Å²) in [6.45, 7) is 3.10. The quantitative estimate of drug-likeness (QED) is 0.779. The van der Waals surface area contributed by atoms with Gasteiger partial charge in [0.05, 0.1) is 19.2 Å². The number of benzene rings is 2. The van der Waals surface area contributed by atoms with E-state index in [2.05, 4.69) is 23.6 Å². The van der Waals surface area contributed by atoms with Gasteiger partial charge < -0.3 is 14.4 Å². The van der Waals surface area contributed by atoms with Crippen LogP contribution in [0.2, 0.25) is 0 Å². The maximum Gasteiger partial charge on any atom is 0.128 e. The van der Waals surface area contributed by atoms with Gasteiger partial charge in [0.1, 0.15) is 5.75 Å². The Morgan fingerprint density at radius 2 is 2.00 bits per heavy atom. The predicted octanol–water partition coefficient (Wildman–Crippen LogP) is 3.32. The van der Waals surface area contributed by atoms with Crippen molar-refractivity contribution in [1.29, 1.82) is 0 Å². The van der Waals surface area contributed by atoms with E-state index in [0.717, 1.165) is 28.6 Å². The molecule has 1 heterocycles. The Labute approximate surface area is 112 Å². The highest BCUT2D eigenvalue weighted by Gasteiger charge is 2.13. The number of aryl methyl sites for hydroxylation is 1. The van der Waals surface area contributed by atoms with Crippen molar-refractivity contribution in [2.45, 2.75) is 20.1 Å². The second kappa shape index (κ2) is 4.59. The van der Waals surface area contributed by atoms with Crippen LogP contribution < -0.4 is 4.74 Å². The van der Waals surface area contributed by atoms with Crippen molar-refractivity contribution < 1.29 is 9.84 Å². The maximum absolute atomic E-state index is 9.32. The molecule has 0 fully saturated rings. The zero-order chi connectivity index (χ0) is 13.4. The predicted molar refractivity (Wildman–Crippen MR) is 77.6 cm³/mol. The molecule has 3 rings (SSSR count). The first-order valence-electron chi connectivity index (χ1n) is 6.48. The first kappa shape index (κ1) is 12.1. The molecule has 3 heteroatoms. The summed E-state index contributed by atoms with van der Waals surface area (Å²) < 4.78 is 7.76. The molecule has 0 radical (unpaired) electrons. The zero-order valence-corrected chi connectivity index (χ0v) is 11.2. The molecule has 1 aromatic heterocycles. The highest BCUT2D eigenvalue weighted by molar-refractivity contribution is 6.11. The van der Waals surface area contributed by atoms with Gasteiger partial charge in [0.25, 0.3) is 0 Å². The third kappa shape index (κ3) is 1.70. The molecule has 0 aliphatic rings. The van der Waals surface area contributed by atoms with E-state index < -0.39 is 0 Å². The molecule has 0 saturated carbocycles. The van der Waals surface area contributed by atoms with Crippen LogP contribution in [-0.2, 0) is 13.2 Å². The Morgan fingerprint density at radius 1 is 1.16 bits per heavy atom. The summed E-state index contributed by atoms with van der Waals surface area (Å²) in [6, 6.07) is 12.2. The smallest absolute Gasteiger partial charge is 0.128 e. The van der Waals surface area contributed by atoms with Crippen molar-refractivity contribution in [3.8, 4) is 5.75 Å². The van der Waals surface area contributed by atoms with Gasteiger partial charge in [-0.25, -0.2) is 0 Å². The van der Waals surface area contributed by atoms with E-state index in [4.69, 9.17) is 4.74 Å². The summed E-state index contributed by atoms with van der Waals surface area (Å²) in [4.78, 5) is 0. The second-order valence-electron chi connectivity index (χ2n) is 4.61. The van der Waals surface area contributed by atoms with E-state index in [0.29, 0.717) is 0 Å². The largest absolute Gasteiger partial charge is 0.496 e. The lowest BCUT2D eigenvalue weighted by atomic mass is 10.1. The number of nitrogens with zero attached hydrogens (tertiary/aromatic N) is 1. The molecule has 0 aliphatic heterocycles. The lowest BCUT2D eigenvalue weighted by Crippen LogP contribution is -1.93. The molecule has 0 spiro atoms. The van der Waals surface area contributed by atoms with Crippen LogP contribution >= 0.6 is 0 Å². The minimum absolute atomic E-state index is 0.0594. The number of aliphatic hydroxyl groups is 1. The maximum atomic E-state index is 9.32. The molecule has 2 aromatic carbocycles. The Hall–Kier alpha value is -2.00. The summed E-state index contributed by atoms with van der Waals surface area (Å²) in [7, 11) is 1.69. The van der Waals surface area contributed by atoms with Crippen molar-refractivity contribution in [2.75, 3.05) is 7.11 Å². The Morgan fingerprint density at radius 3 is 2.68 bits per heavy atom. The van der Waals surface area contributed by atoms with Crippen molar-refractivity contribution in [3.05, 3.63) is 42.0 Å². The molecule has 98 valence electrons. The van der Waals surface area contributed by atoms with Crippen molar-refractivity contribution in [2.24, 2.45) is 0 Å². The number of hydrogen-bond acceptors (Lipinski definition) is 2. The average molecular weight is 255 g/mol. The van der Waals surface area contributed by atoms with E-state index in [9.17, 15) is 5.11 Å². The van der Waals surface area contributed by atoms with Gasteiger partial charge in [0.15, 0.2) is 0 Å². The second-order valence-corrected chi connectivity index (χ2v) is 4.61. The fraction of sp³-hybridized carbons (Fsp3) is 0.250. The molecule has 0 amide bonds. The number of hydrogen-bond donors (Lipinski definition) is 1. The van der Waals surface area contributed by atoms with E-state index >= 15 is 0 Å². The minimum atomic E-state index is 0.0594. The molecule has 0 atom stereocenters. The first-order valence-corrected chi connectivity index (χ1v) is 6.48. The zero-order valence-electron chi connectivity index (χ0n) is 11.2. The van der Waals surface area contributed by atoms with Gasteiger partial charge in [-0.2, -0.15) is 0 Å². The molecule has 3 nitrogen and oxygen atoms in total. The third-order valence-corrected chi connectivity index (χ3v) is 3.63. The molecule has 0 saturated heterocycles. The SMILES string of the molecule is CCn1c2ccc(CO)cc2c2c(OC)cccc21. The fourth-order valence-electron chi connectivity index (χ4n) is 2.77. The van der Waals surface area contributed by atoms with Crippen LogP contribution in [0.5, 0.6) is 5.75 Å². The molecule has 3 aromatic rings. The minimum Gasteiger partial charge on any atom is -0.496 e. The molecule has 1 N–H and O–H groups in total. The van der Waals surface area contributed by atoms with Gasteiger partial charge in [-0.05, 0) is 36.8 Å². The Kier molecular flexibility index (Phi) is 2.91. The lowest BCUT2D eigenvalue weighted by molar-refractivity contribution is 0.282. The lowest BCUT2D eigenvalue weighted by Gasteiger charge is -2.04. The van der Waals surface area contributed by atoms with E-state index in [1.165, 1.54) is 11.0 Å². The topological polar surface area (TPSA) is 34.4 Å². The molecule has 0 aliphatic carbocycles. The van der Waals surface area contributed by atoms with E-state index in [-0.39, 0.29) is 6.61 Å². The van der Waals surface area contributed by atoms with E-state index in [1.54, 1.807) is 7.11 Å². The van der Waals surface area contributed by atoms with Crippen LogP contribution in [0.4, 0.5) is 0 Å². The van der Waals surface area contributed by atoms with Crippen molar-refractivity contribution in [3.63, 3.8) is 0 Å². The molecular formula is C16H17NO2. The van der Waals surface area contributed by atoms with Crippen LogP contribution in [0.25, 0.3) is 21.8 Å². The standard InChI is InChI=1S/C16H17NO2/c1-3-17-13-8-7-11(10-18)9-12(13)16-14(17)5-4-6-15(16)19-2/h4-9,18H,3,10H2,1-2H3. The van der Waals surface area contributed by atoms with Crippen LogP contribution in [0.1, 0.15) is 12.5 Å². The fourth-order valence-corrected chi connectivity index (χ4v) is 2.77. The van der Waals surface area contributed by atoms with Crippen LogP contribution in [0.3, 0.4) is 0 Å². The monoisotopic (exact) mass is 255 g/mol. The molecule has 19 heavy (non-hydrogen) atoms. The molecule has 0 unspecified atom stereocenters. The molecule has 0 bridgehead atoms. The summed E-state index contributed by atoms with van der Waals surface area (Å²) in [5.41, 5.74) is 3.28. The van der Waals surface area contributed by atoms with Gasteiger partial charge in [0, 0.05) is 22.8 Å². The van der Waals surface area contributed by atoms with Gasteiger partial charge in [-0.3, -0.25) is 0 Å². The number of methoxy groups -OCH3 is 1. The van der Waals surface area contributed by atoms with E-state index in [1.807, 2.05) is 24.3 Å². The van der Waals surface area contributed by atoms with Crippen molar-refractivity contribution >= 4 is 21.8 Å². The van der Waals surface area contributed by atoms with Gasteiger partial charge in [0.2, 0.25) is 0 Å². The Bertz CT molecular complexity index is 743. The highest BCUT2D eigenvalue weighted by atomic mass is 16.5. The number of fused-ring (bicyclic) bond motifs is 3. The van der Waals surface area contributed by atoms with Gasteiger partial charge >= 0.3 is 0 Å². The number of ether oxygens (including phenoxy) is 1. The van der Waals surface area contributed by atoms with Crippen LogP contribution in [0.15, 0.2) is 36.4 Å². The summed E-state index contributed by atoms with van der Waals surface area (Å²) >= 11 is 0. The third-order valence-electron chi connectivity index (χ3n) is 3.63. The normalized spacial score (nSPS) is 11.3. The summed E-state index contributed by atoms with van der Waals surface area (Å²) in [5, 5.41) is 11.6. The number of aliphatic hydroxyl groups excluding tert-OH is 1. The van der Waals surface area contributed by atoms with Gasteiger partial charge in [-0.1, -0.05) is 12.1 Å².